The number of nitrogens with one attached hydrogen (secondary N) is 2. The third kappa shape index (κ3) is 4.71. The number of anilines is 2. The zero-order valence-corrected chi connectivity index (χ0v) is 17.0. The number of benzene rings is 2. The second kappa shape index (κ2) is 8.84. The predicted octanol–water partition coefficient (Wildman–Crippen LogP) is 2.88. The van der Waals surface area contributed by atoms with Crippen LogP contribution in [0.15, 0.2) is 48.5 Å². The summed E-state index contributed by atoms with van der Waals surface area (Å²) in [6, 6.07) is 15.6. The number of hydrogen-bond donors (Lipinski definition) is 2. The summed E-state index contributed by atoms with van der Waals surface area (Å²) in [5.74, 6) is -0.0102. The molecule has 2 aromatic carbocycles. The average molecular weight is 413 g/mol. The molecule has 2 aliphatic heterocycles. The topological polar surface area (TPSA) is 64.7 Å². The van der Waals surface area contributed by atoms with E-state index >= 15 is 0 Å². The van der Waals surface area contributed by atoms with Gasteiger partial charge in [0.1, 0.15) is 0 Å². The van der Waals surface area contributed by atoms with Crippen LogP contribution in [0.25, 0.3) is 0 Å². The molecule has 0 spiro atoms. The lowest BCUT2D eigenvalue weighted by molar-refractivity contribution is -0.121. The molecule has 2 N–H and O–H groups in total. The van der Waals surface area contributed by atoms with Crippen LogP contribution in [0.4, 0.5) is 11.4 Å². The van der Waals surface area contributed by atoms with E-state index in [1.54, 1.807) is 6.07 Å². The number of nitrogens with zero attached hydrogens (tertiary/aromatic N) is 2. The fourth-order valence-electron chi connectivity index (χ4n) is 4.04. The Morgan fingerprint density at radius 1 is 1.17 bits per heavy atom. The summed E-state index contributed by atoms with van der Waals surface area (Å²) >= 11 is 6.45. The molecule has 0 aliphatic carbocycles. The Balaban J connectivity index is 1.41. The van der Waals surface area contributed by atoms with Gasteiger partial charge in [-0.05, 0) is 43.1 Å². The maximum absolute atomic E-state index is 12.9. The lowest BCUT2D eigenvalue weighted by Gasteiger charge is -2.29. The van der Waals surface area contributed by atoms with Gasteiger partial charge in [-0.3, -0.25) is 14.5 Å². The van der Waals surface area contributed by atoms with Crippen molar-refractivity contribution in [1.82, 2.24) is 10.2 Å². The lowest BCUT2D eigenvalue weighted by atomic mass is 10.1. The molecule has 4 rings (SSSR count). The van der Waals surface area contributed by atoms with Gasteiger partial charge in [0, 0.05) is 25.3 Å². The van der Waals surface area contributed by atoms with E-state index in [0.717, 1.165) is 31.6 Å². The molecule has 0 aromatic heterocycles. The van der Waals surface area contributed by atoms with Gasteiger partial charge in [-0.1, -0.05) is 41.9 Å². The van der Waals surface area contributed by atoms with Gasteiger partial charge >= 0.3 is 0 Å². The van der Waals surface area contributed by atoms with E-state index in [1.807, 2.05) is 35.2 Å². The molecule has 29 heavy (non-hydrogen) atoms. The number of hydrogen-bond acceptors (Lipinski definition) is 4. The Hall–Kier alpha value is -2.57. The molecule has 0 saturated carbocycles. The Bertz CT molecular complexity index is 890. The first-order valence-electron chi connectivity index (χ1n) is 10.0. The van der Waals surface area contributed by atoms with E-state index in [0.29, 0.717) is 30.3 Å². The lowest BCUT2D eigenvalue weighted by Crippen LogP contribution is -2.47. The Morgan fingerprint density at radius 3 is 2.76 bits per heavy atom. The summed E-state index contributed by atoms with van der Waals surface area (Å²) in [6.07, 6.45) is 1.87. The smallest absolute Gasteiger partial charge is 0.241 e. The first kappa shape index (κ1) is 19.7. The fourth-order valence-corrected chi connectivity index (χ4v) is 4.34. The molecular weight excluding hydrogens is 388 g/mol. The summed E-state index contributed by atoms with van der Waals surface area (Å²) < 4.78 is 0. The highest BCUT2D eigenvalue weighted by Crippen LogP contribution is 2.30. The molecule has 1 atom stereocenters. The number of carbonyl (C=O) groups is 2. The largest absolute Gasteiger partial charge is 0.359 e. The van der Waals surface area contributed by atoms with Crippen molar-refractivity contribution in [3.8, 4) is 0 Å². The van der Waals surface area contributed by atoms with Crippen molar-refractivity contribution in [3.63, 3.8) is 0 Å². The summed E-state index contributed by atoms with van der Waals surface area (Å²) in [7, 11) is 0. The summed E-state index contributed by atoms with van der Waals surface area (Å²) in [4.78, 5) is 28.7. The fraction of sp³-hybridized carbons (Fsp3) is 0.364. The zero-order chi connectivity index (χ0) is 20.2. The van der Waals surface area contributed by atoms with Gasteiger partial charge in [0.2, 0.25) is 11.8 Å². The van der Waals surface area contributed by atoms with Crippen molar-refractivity contribution in [3.05, 3.63) is 59.1 Å². The predicted molar refractivity (Wildman–Crippen MR) is 115 cm³/mol. The van der Waals surface area contributed by atoms with E-state index in [2.05, 4.69) is 27.7 Å². The third-order valence-electron chi connectivity index (χ3n) is 5.49. The Kier molecular flexibility index (Phi) is 6.02. The highest BCUT2D eigenvalue weighted by atomic mass is 35.5. The second-order valence-electron chi connectivity index (χ2n) is 7.54. The van der Waals surface area contributed by atoms with E-state index in [4.69, 9.17) is 11.6 Å². The number of rotatable bonds is 5. The summed E-state index contributed by atoms with van der Waals surface area (Å²) in [5, 5.41) is 6.36. The van der Waals surface area contributed by atoms with Crippen molar-refractivity contribution in [2.75, 3.05) is 36.4 Å². The van der Waals surface area contributed by atoms with Crippen molar-refractivity contribution >= 4 is 34.8 Å². The molecule has 0 radical (unpaired) electrons. The van der Waals surface area contributed by atoms with Crippen LogP contribution in [0.1, 0.15) is 18.4 Å². The van der Waals surface area contributed by atoms with E-state index < -0.39 is 0 Å². The molecule has 0 bridgehead atoms. The van der Waals surface area contributed by atoms with Gasteiger partial charge in [-0.25, -0.2) is 0 Å². The van der Waals surface area contributed by atoms with Crippen LogP contribution in [0.3, 0.4) is 0 Å². The van der Waals surface area contributed by atoms with Crippen molar-refractivity contribution < 1.29 is 9.59 Å². The summed E-state index contributed by atoms with van der Waals surface area (Å²) in [5.41, 5.74) is 2.70. The van der Waals surface area contributed by atoms with Crippen LogP contribution in [0, 0.1) is 0 Å². The van der Waals surface area contributed by atoms with Crippen LogP contribution >= 0.6 is 11.6 Å². The maximum atomic E-state index is 12.9. The molecule has 7 heteroatoms. The first-order valence-corrected chi connectivity index (χ1v) is 10.4. The molecule has 2 aromatic rings. The zero-order valence-electron chi connectivity index (χ0n) is 16.2. The van der Waals surface area contributed by atoms with Gasteiger partial charge in [-0.15, -0.1) is 0 Å². The van der Waals surface area contributed by atoms with Gasteiger partial charge in [0.25, 0.3) is 0 Å². The van der Waals surface area contributed by atoms with Crippen LogP contribution in [0.5, 0.6) is 0 Å². The van der Waals surface area contributed by atoms with Gasteiger partial charge in [-0.2, -0.15) is 0 Å². The molecule has 1 unspecified atom stereocenters. The highest BCUT2D eigenvalue weighted by molar-refractivity contribution is 6.33. The standard InChI is InChI=1S/C22H25ClN4O2/c23-18-13-17(8-9-19(18)27-12-10-24-21(28)15-27)25-22(29)20-7-4-11-26(20)14-16-5-2-1-3-6-16/h1-3,5-6,8-9,13,20H,4,7,10-12,14-15H2,(H,24,28)(H,25,29). The second-order valence-corrected chi connectivity index (χ2v) is 7.95. The van der Waals surface area contributed by atoms with E-state index in [1.165, 1.54) is 5.56 Å². The van der Waals surface area contributed by atoms with Crippen LogP contribution in [-0.4, -0.2) is 48.9 Å². The van der Waals surface area contributed by atoms with Gasteiger partial charge < -0.3 is 15.5 Å². The SMILES string of the molecule is O=C1CN(c2ccc(NC(=O)C3CCCN3Cc3ccccc3)cc2Cl)CCN1. The number of amides is 2. The molecule has 2 aliphatic rings. The normalized spacial score (nSPS) is 19.8. The van der Waals surface area contributed by atoms with Crippen molar-refractivity contribution in [2.45, 2.75) is 25.4 Å². The van der Waals surface area contributed by atoms with Gasteiger partial charge in [0.15, 0.2) is 0 Å². The van der Waals surface area contributed by atoms with E-state index in [-0.39, 0.29) is 17.9 Å². The maximum Gasteiger partial charge on any atom is 0.241 e. The van der Waals surface area contributed by atoms with Crippen LogP contribution in [-0.2, 0) is 16.1 Å². The average Bonchev–Trinajstić information content (AvgIpc) is 3.17. The van der Waals surface area contributed by atoms with Crippen LogP contribution in [0.2, 0.25) is 5.02 Å². The van der Waals surface area contributed by atoms with Crippen molar-refractivity contribution in [1.29, 1.82) is 0 Å². The first-order chi connectivity index (χ1) is 14.1. The molecule has 2 saturated heterocycles. The number of likely N-dealkylation sites (tertiary alicyclic amines) is 1. The van der Waals surface area contributed by atoms with Crippen molar-refractivity contribution in [2.24, 2.45) is 0 Å². The Morgan fingerprint density at radius 2 is 2.00 bits per heavy atom. The highest BCUT2D eigenvalue weighted by Gasteiger charge is 2.30. The third-order valence-corrected chi connectivity index (χ3v) is 5.79. The number of piperazine rings is 1. The monoisotopic (exact) mass is 412 g/mol. The minimum atomic E-state index is -0.139. The molecule has 2 fully saturated rings. The molecule has 6 nitrogen and oxygen atoms in total. The summed E-state index contributed by atoms with van der Waals surface area (Å²) in [6.45, 7) is 3.31. The number of carbonyl (C=O) groups excluding carboxylic acids is 2. The van der Waals surface area contributed by atoms with Gasteiger partial charge in [0.05, 0.1) is 23.3 Å². The molecular formula is C22H25ClN4O2. The number of halogens is 1. The minimum Gasteiger partial charge on any atom is -0.359 e. The molecule has 152 valence electrons. The minimum absolute atomic E-state index is 0.000372. The molecule has 2 amide bonds. The molecule has 2 heterocycles. The quantitative estimate of drug-likeness (QED) is 0.792. The Labute approximate surface area is 175 Å². The van der Waals surface area contributed by atoms with Crippen LogP contribution < -0.4 is 15.5 Å². The van der Waals surface area contributed by atoms with E-state index in [9.17, 15) is 9.59 Å².